The molecule has 0 fully saturated rings. The van der Waals surface area contributed by atoms with E-state index in [1.54, 1.807) is 16.8 Å². The van der Waals surface area contributed by atoms with Crippen molar-refractivity contribution >= 4 is 28.8 Å². The summed E-state index contributed by atoms with van der Waals surface area (Å²) in [5.41, 5.74) is 2.67. The molecule has 0 saturated carbocycles. The van der Waals surface area contributed by atoms with E-state index in [4.69, 9.17) is 23.2 Å². The predicted molar refractivity (Wildman–Crippen MR) is 71.0 cm³/mol. The number of hydrogen-bond acceptors (Lipinski definition) is 3. The predicted octanol–water partition coefficient (Wildman–Crippen LogP) is 3.41. The average Bonchev–Trinajstić information content (AvgIpc) is 2.72. The second-order valence-corrected chi connectivity index (χ2v) is 4.75. The Morgan fingerprint density at radius 1 is 1.11 bits per heavy atom. The topological polar surface area (TPSA) is 43.1 Å². The Morgan fingerprint density at radius 3 is 2.72 bits per heavy atom. The first kappa shape index (κ1) is 11.4. The maximum atomic E-state index is 5.94. The highest BCUT2D eigenvalue weighted by molar-refractivity contribution is 6.30. The molecule has 0 saturated heterocycles. The Kier molecular flexibility index (Phi) is 2.69. The number of fused-ring (bicyclic) bond motifs is 1. The minimum atomic E-state index is 0.397. The highest BCUT2D eigenvalue weighted by Crippen LogP contribution is 2.25. The summed E-state index contributed by atoms with van der Waals surface area (Å²) < 4.78 is 1.79. The molecular weight excluding hydrogens is 271 g/mol. The normalized spacial score (nSPS) is 11.1. The lowest BCUT2D eigenvalue weighted by atomic mass is 10.1. The number of aryl methyl sites for hydroxylation is 1. The van der Waals surface area contributed by atoms with Crippen molar-refractivity contribution < 1.29 is 0 Å². The van der Waals surface area contributed by atoms with Gasteiger partial charge in [0.05, 0.1) is 0 Å². The summed E-state index contributed by atoms with van der Waals surface area (Å²) >= 11 is 11.8. The molecule has 3 aromatic rings. The Morgan fingerprint density at radius 2 is 1.94 bits per heavy atom. The fourth-order valence-electron chi connectivity index (χ4n) is 1.83. The Labute approximate surface area is 113 Å². The molecule has 0 aliphatic rings. The lowest BCUT2D eigenvalue weighted by Crippen LogP contribution is -1.93. The molecule has 0 N–H and O–H groups in total. The van der Waals surface area contributed by atoms with Gasteiger partial charge in [0.25, 0.3) is 0 Å². The largest absolute Gasteiger partial charge is 0.265 e. The molecule has 0 spiro atoms. The molecule has 0 atom stereocenters. The van der Waals surface area contributed by atoms with E-state index in [9.17, 15) is 0 Å². The van der Waals surface area contributed by atoms with Crippen LogP contribution in [0.1, 0.15) is 5.56 Å². The highest BCUT2D eigenvalue weighted by Gasteiger charge is 2.11. The van der Waals surface area contributed by atoms with Gasteiger partial charge in [-0.05, 0) is 30.7 Å². The monoisotopic (exact) mass is 278 g/mol. The van der Waals surface area contributed by atoms with Crippen molar-refractivity contribution in [3.05, 3.63) is 46.3 Å². The van der Waals surface area contributed by atoms with E-state index >= 15 is 0 Å². The van der Waals surface area contributed by atoms with Gasteiger partial charge >= 0.3 is 0 Å². The van der Waals surface area contributed by atoms with Crippen molar-refractivity contribution in [2.75, 3.05) is 0 Å². The van der Waals surface area contributed by atoms with Gasteiger partial charge in [0, 0.05) is 16.7 Å². The maximum Gasteiger partial charge on any atom is 0.169 e. The molecule has 3 rings (SSSR count). The van der Waals surface area contributed by atoms with Gasteiger partial charge in [-0.2, -0.15) is 0 Å². The first-order valence-corrected chi connectivity index (χ1v) is 6.03. The molecular formula is C12H8Cl2N4. The van der Waals surface area contributed by atoms with E-state index in [1.807, 2.05) is 25.1 Å². The van der Waals surface area contributed by atoms with E-state index in [-0.39, 0.29) is 0 Å². The third-order valence-corrected chi connectivity index (χ3v) is 3.14. The second-order valence-electron chi connectivity index (χ2n) is 3.92. The zero-order chi connectivity index (χ0) is 12.7. The molecule has 0 aliphatic heterocycles. The first-order valence-electron chi connectivity index (χ1n) is 5.28. The van der Waals surface area contributed by atoms with Gasteiger partial charge in [-0.1, -0.05) is 23.2 Å². The Bertz CT molecular complexity index is 736. The Balaban J connectivity index is 2.25. The summed E-state index contributed by atoms with van der Waals surface area (Å²) in [6, 6.07) is 7.31. The smallest absolute Gasteiger partial charge is 0.169 e. The van der Waals surface area contributed by atoms with Crippen LogP contribution in [0.2, 0.25) is 10.2 Å². The van der Waals surface area contributed by atoms with Crippen molar-refractivity contribution in [1.29, 1.82) is 0 Å². The molecule has 0 aliphatic carbocycles. The van der Waals surface area contributed by atoms with Crippen LogP contribution in [0.5, 0.6) is 0 Å². The van der Waals surface area contributed by atoms with Gasteiger partial charge in [0.1, 0.15) is 11.5 Å². The van der Waals surface area contributed by atoms with Crippen LogP contribution in [0.3, 0.4) is 0 Å². The third-order valence-electron chi connectivity index (χ3n) is 2.70. The van der Waals surface area contributed by atoms with Crippen molar-refractivity contribution in [2.24, 2.45) is 0 Å². The molecule has 6 heteroatoms. The SMILES string of the molecule is Cc1cc(Cl)ccc1-c1nnc2cc(Cl)ncn12. The summed E-state index contributed by atoms with van der Waals surface area (Å²) in [5, 5.41) is 9.34. The summed E-state index contributed by atoms with van der Waals surface area (Å²) in [4.78, 5) is 4.04. The number of aromatic nitrogens is 4. The standard InChI is InChI=1S/C12H8Cl2N4/c1-7-4-8(13)2-3-9(7)12-17-16-11-5-10(14)15-6-18(11)12/h2-6H,1H3. The van der Waals surface area contributed by atoms with Gasteiger partial charge in [0.15, 0.2) is 11.5 Å². The fraction of sp³-hybridized carbons (Fsp3) is 0.0833. The fourth-order valence-corrected chi connectivity index (χ4v) is 2.20. The van der Waals surface area contributed by atoms with E-state index in [1.165, 1.54) is 0 Å². The van der Waals surface area contributed by atoms with Crippen LogP contribution in [0, 0.1) is 6.92 Å². The van der Waals surface area contributed by atoms with E-state index in [0.717, 1.165) is 17.0 Å². The van der Waals surface area contributed by atoms with Gasteiger partial charge in [-0.25, -0.2) is 4.98 Å². The van der Waals surface area contributed by atoms with Crippen molar-refractivity contribution in [1.82, 2.24) is 19.6 Å². The first-order chi connectivity index (χ1) is 8.65. The zero-order valence-corrected chi connectivity index (χ0v) is 10.9. The van der Waals surface area contributed by atoms with Crippen LogP contribution in [0.25, 0.3) is 17.0 Å². The summed E-state index contributed by atoms with van der Waals surface area (Å²) in [7, 11) is 0. The summed E-state index contributed by atoms with van der Waals surface area (Å²) in [6.07, 6.45) is 1.61. The van der Waals surface area contributed by atoms with Gasteiger partial charge in [0.2, 0.25) is 0 Å². The van der Waals surface area contributed by atoms with Crippen LogP contribution in [0.4, 0.5) is 0 Å². The number of hydrogen-bond donors (Lipinski definition) is 0. The van der Waals surface area contributed by atoms with Crippen molar-refractivity contribution in [3.8, 4) is 11.4 Å². The summed E-state index contributed by atoms with van der Waals surface area (Å²) in [6.45, 7) is 1.98. The van der Waals surface area contributed by atoms with Crippen LogP contribution in [-0.2, 0) is 0 Å². The minimum absolute atomic E-state index is 0.397. The van der Waals surface area contributed by atoms with Gasteiger partial charge < -0.3 is 0 Å². The Hall–Kier alpha value is -1.65. The molecule has 2 aromatic heterocycles. The zero-order valence-electron chi connectivity index (χ0n) is 9.43. The van der Waals surface area contributed by atoms with E-state index < -0.39 is 0 Å². The second kappa shape index (κ2) is 4.23. The quantitative estimate of drug-likeness (QED) is 0.641. The van der Waals surface area contributed by atoms with Crippen molar-refractivity contribution in [2.45, 2.75) is 6.92 Å². The molecule has 90 valence electrons. The minimum Gasteiger partial charge on any atom is -0.265 e. The number of rotatable bonds is 1. The molecule has 0 unspecified atom stereocenters. The summed E-state index contributed by atoms with van der Waals surface area (Å²) in [5.74, 6) is 0.725. The van der Waals surface area contributed by atoms with Crippen LogP contribution < -0.4 is 0 Å². The molecule has 1 aromatic carbocycles. The van der Waals surface area contributed by atoms with E-state index in [2.05, 4.69) is 15.2 Å². The lowest BCUT2D eigenvalue weighted by molar-refractivity contribution is 1.08. The maximum absolute atomic E-state index is 5.94. The van der Waals surface area contributed by atoms with Gasteiger partial charge in [-0.15, -0.1) is 10.2 Å². The molecule has 0 radical (unpaired) electrons. The number of benzene rings is 1. The van der Waals surface area contributed by atoms with Crippen LogP contribution in [-0.4, -0.2) is 19.6 Å². The highest BCUT2D eigenvalue weighted by atomic mass is 35.5. The molecule has 18 heavy (non-hydrogen) atoms. The van der Waals surface area contributed by atoms with Crippen molar-refractivity contribution in [3.63, 3.8) is 0 Å². The van der Waals surface area contributed by atoms with E-state index in [0.29, 0.717) is 15.8 Å². The third kappa shape index (κ3) is 1.83. The molecule has 0 amide bonds. The molecule has 2 heterocycles. The molecule has 0 bridgehead atoms. The average molecular weight is 279 g/mol. The lowest BCUT2D eigenvalue weighted by Gasteiger charge is -2.04. The van der Waals surface area contributed by atoms with Crippen LogP contribution >= 0.6 is 23.2 Å². The number of halogens is 2. The van der Waals surface area contributed by atoms with Gasteiger partial charge in [-0.3, -0.25) is 4.40 Å². The number of nitrogens with zero attached hydrogens (tertiary/aromatic N) is 4. The van der Waals surface area contributed by atoms with Crippen LogP contribution in [0.15, 0.2) is 30.6 Å². The molecule has 4 nitrogen and oxygen atoms in total.